The smallest absolute Gasteiger partial charge is 0.344 e. The lowest BCUT2D eigenvalue weighted by molar-refractivity contribution is -0.128. The lowest BCUT2D eigenvalue weighted by atomic mass is 9.99. The summed E-state index contributed by atoms with van der Waals surface area (Å²) in [4.78, 5) is 27.2. The molecule has 0 N–H and O–H groups in total. The van der Waals surface area contributed by atoms with Crippen LogP contribution in [0.3, 0.4) is 0 Å². The van der Waals surface area contributed by atoms with Crippen molar-refractivity contribution in [2.24, 2.45) is 0 Å². The number of carbonyl (C=O) groups excluding carboxylic acids is 2. The van der Waals surface area contributed by atoms with Gasteiger partial charge in [0.05, 0.1) is 44.2 Å². The predicted molar refractivity (Wildman–Crippen MR) is 204 cm³/mol. The van der Waals surface area contributed by atoms with E-state index in [-0.39, 0.29) is 0 Å². The van der Waals surface area contributed by atoms with Crippen LogP contribution in [0.1, 0.15) is 11.1 Å². The van der Waals surface area contributed by atoms with Gasteiger partial charge in [0.1, 0.15) is 11.5 Å². The number of rotatable bonds is 2. The molecule has 0 unspecified atom stereocenters. The largest absolute Gasteiger partial charge is 0.422 e. The molecule has 4 aromatic heterocycles. The fourth-order valence-electron chi connectivity index (χ4n) is 9.36. The summed E-state index contributed by atoms with van der Waals surface area (Å²) in [6.45, 7) is 0. The van der Waals surface area contributed by atoms with Crippen molar-refractivity contribution in [3.63, 3.8) is 0 Å². The third-order valence-corrected chi connectivity index (χ3v) is 11.5. The van der Waals surface area contributed by atoms with Crippen LogP contribution in [0.15, 0.2) is 133 Å². The van der Waals surface area contributed by atoms with Crippen molar-refractivity contribution in [1.82, 2.24) is 8.80 Å². The highest BCUT2D eigenvalue weighted by molar-refractivity contribution is 6.27. The van der Waals surface area contributed by atoms with E-state index in [0.29, 0.717) is 33.1 Å². The molecule has 2 aliphatic rings. The van der Waals surface area contributed by atoms with Crippen LogP contribution >= 0.6 is 0 Å². The molecule has 0 fully saturated rings. The number of esters is 2. The van der Waals surface area contributed by atoms with Gasteiger partial charge in [-0.15, -0.1) is 0 Å². The first kappa shape index (κ1) is 26.7. The maximum atomic E-state index is 13.6. The highest BCUT2D eigenvalue weighted by Gasteiger charge is 2.31. The minimum Gasteiger partial charge on any atom is -0.422 e. The van der Waals surface area contributed by atoms with E-state index < -0.39 is 11.9 Å². The van der Waals surface area contributed by atoms with Crippen LogP contribution in [0.2, 0.25) is 0 Å². The van der Waals surface area contributed by atoms with Crippen molar-refractivity contribution in [2.75, 3.05) is 0 Å². The third kappa shape index (κ3) is 3.05. The monoisotopic (exact) mass is 666 g/mol. The van der Waals surface area contributed by atoms with E-state index in [1.54, 1.807) is 12.1 Å². The van der Waals surface area contributed by atoms with Crippen LogP contribution in [0, 0.1) is 0 Å². The van der Waals surface area contributed by atoms with E-state index >= 15 is 0 Å². The first-order valence-electron chi connectivity index (χ1n) is 17.3. The standard InChI is InChI=1S/C46H22N2O4/c49-45-41(23-15-17-37-31(19-23)29-11-5-9-27-25-7-1-3-13-35(25)47(37)43(27)29)33-21-40-34(22-39(33)51-45)42(46(50)52-40)24-16-18-38-32(20-24)30-12-6-10-28-26-8-2-4-14-36(26)48(38)44(28)30/h1-22H. The van der Waals surface area contributed by atoms with E-state index in [0.717, 1.165) is 54.7 Å². The Bertz CT molecular complexity index is 3380. The fourth-order valence-corrected chi connectivity index (χ4v) is 9.36. The molecule has 0 amide bonds. The highest BCUT2D eigenvalue weighted by Crippen LogP contribution is 2.42. The molecule has 0 aliphatic carbocycles. The van der Waals surface area contributed by atoms with Gasteiger partial charge < -0.3 is 18.3 Å². The number of aromatic nitrogens is 2. The summed E-state index contributed by atoms with van der Waals surface area (Å²) in [5, 5.41) is 10.5. The molecule has 0 bridgehead atoms. The number of hydrogen-bond acceptors (Lipinski definition) is 4. The van der Waals surface area contributed by atoms with Gasteiger partial charge in [0.15, 0.2) is 0 Å². The molecular formula is C46H22N2O4. The van der Waals surface area contributed by atoms with Gasteiger partial charge in [0.2, 0.25) is 0 Å². The van der Waals surface area contributed by atoms with Crippen LogP contribution in [-0.4, -0.2) is 20.7 Å². The van der Waals surface area contributed by atoms with Crippen molar-refractivity contribution in [2.45, 2.75) is 0 Å². The second kappa shape index (κ2) is 8.94. The number of benzene rings is 7. The molecule has 0 saturated heterocycles. The van der Waals surface area contributed by atoms with E-state index in [2.05, 4.69) is 118 Å². The first-order chi connectivity index (χ1) is 25.6. The van der Waals surface area contributed by atoms with Crippen molar-refractivity contribution in [1.29, 1.82) is 0 Å². The molecule has 13 rings (SSSR count). The van der Waals surface area contributed by atoms with Gasteiger partial charge in [-0.1, -0.05) is 84.9 Å². The molecule has 240 valence electrons. The molecule has 6 nitrogen and oxygen atoms in total. The van der Waals surface area contributed by atoms with Gasteiger partial charge in [0.25, 0.3) is 0 Å². The number of para-hydroxylation sites is 4. The van der Waals surface area contributed by atoms with Gasteiger partial charge in [-0.3, -0.25) is 0 Å². The van der Waals surface area contributed by atoms with E-state index in [1.165, 1.54) is 32.6 Å². The Kier molecular flexibility index (Phi) is 4.58. The Labute approximate surface area is 292 Å². The van der Waals surface area contributed by atoms with Gasteiger partial charge in [0, 0.05) is 53.5 Å². The number of fused-ring (bicyclic) bond motifs is 14. The van der Waals surface area contributed by atoms with Crippen molar-refractivity contribution >= 4 is 99.3 Å². The summed E-state index contributed by atoms with van der Waals surface area (Å²) in [7, 11) is 0. The molecule has 52 heavy (non-hydrogen) atoms. The van der Waals surface area contributed by atoms with Crippen LogP contribution in [0.5, 0.6) is 11.5 Å². The van der Waals surface area contributed by atoms with Gasteiger partial charge in [-0.25, -0.2) is 9.59 Å². The zero-order valence-electron chi connectivity index (χ0n) is 27.2. The van der Waals surface area contributed by atoms with E-state index in [9.17, 15) is 9.59 Å². The topological polar surface area (TPSA) is 61.4 Å². The van der Waals surface area contributed by atoms with Crippen LogP contribution in [0.4, 0.5) is 0 Å². The average Bonchev–Trinajstić information content (AvgIpc) is 4.00. The molecule has 6 heteroatoms. The second-order valence-electron chi connectivity index (χ2n) is 13.9. The summed E-state index contributed by atoms with van der Waals surface area (Å²) < 4.78 is 16.5. The highest BCUT2D eigenvalue weighted by atomic mass is 16.5. The molecule has 0 saturated carbocycles. The minimum atomic E-state index is -0.424. The third-order valence-electron chi connectivity index (χ3n) is 11.5. The van der Waals surface area contributed by atoms with Gasteiger partial charge >= 0.3 is 11.9 Å². The molecular weight excluding hydrogens is 645 g/mol. The maximum absolute atomic E-state index is 13.6. The van der Waals surface area contributed by atoms with Crippen molar-refractivity contribution in [3.05, 3.63) is 155 Å². The Morgan fingerprint density at radius 2 is 0.750 bits per heavy atom. The normalized spacial score (nSPS) is 14.5. The quantitative estimate of drug-likeness (QED) is 0.138. The zero-order valence-corrected chi connectivity index (χ0v) is 27.2. The summed E-state index contributed by atoms with van der Waals surface area (Å²) >= 11 is 0. The van der Waals surface area contributed by atoms with Crippen molar-refractivity contribution < 1.29 is 19.1 Å². The average molecular weight is 667 g/mol. The fraction of sp³-hybridized carbons (Fsp3) is 0. The number of nitrogens with zero attached hydrogens (tertiary/aromatic N) is 2. The Morgan fingerprint density at radius 1 is 0.365 bits per heavy atom. The van der Waals surface area contributed by atoms with Crippen molar-refractivity contribution in [3.8, 4) is 11.5 Å². The van der Waals surface area contributed by atoms with Gasteiger partial charge in [-0.05, 0) is 59.7 Å². The number of ether oxygens (including phenoxy) is 2. The first-order valence-corrected chi connectivity index (χ1v) is 17.3. The Balaban J connectivity index is 1.02. The lowest BCUT2D eigenvalue weighted by Gasteiger charge is -2.03. The lowest BCUT2D eigenvalue weighted by Crippen LogP contribution is -2.11. The summed E-state index contributed by atoms with van der Waals surface area (Å²) in [6, 6.07) is 45.6. The molecule has 0 spiro atoms. The predicted octanol–water partition coefficient (Wildman–Crippen LogP) is 8.22. The molecule has 2 aliphatic heterocycles. The maximum Gasteiger partial charge on any atom is 0.344 e. The van der Waals surface area contributed by atoms with Gasteiger partial charge in [-0.2, -0.15) is 0 Å². The minimum absolute atomic E-state index is 0.419. The second-order valence-corrected chi connectivity index (χ2v) is 13.9. The number of carbonyl (C=O) groups is 2. The van der Waals surface area contributed by atoms with Crippen LogP contribution in [-0.2, 0) is 9.59 Å². The SMILES string of the molecule is O=C1Oc2cc3c(cc2=C1c1ccc2c(c1)c1cccc4c5ccccc5n2c41)OC(=O)C=3c1ccc2c(c1)c1cccc3c4ccccc4n2c31. The van der Waals surface area contributed by atoms with Crippen LogP contribution < -0.4 is 19.9 Å². The number of hydrogen-bond donors (Lipinski definition) is 0. The van der Waals surface area contributed by atoms with Crippen LogP contribution in [0.25, 0.3) is 87.3 Å². The molecule has 7 aromatic carbocycles. The van der Waals surface area contributed by atoms with E-state index in [4.69, 9.17) is 9.47 Å². The zero-order chi connectivity index (χ0) is 34.0. The van der Waals surface area contributed by atoms with E-state index in [1.807, 2.05) is 12.1 Å². The molecule has 6 heterocycles. The molecule has 0 radical (unpaired) electrons. The molecule has 0 atom stereocenters. The molecule has 11 aromatic rings. The Hall–Kier alpha value is -7.18. The summed E-state index contributed by atoms with van der Waals surface area (Å²) in [5.74, 6) is -0.00875. The summed E-state index contributed by atoms with van der Waals surface area (Å²) in [5.41, 5.74) is 9.25. The summed E-state index contributed by atoms with van der Waals surface area (Å²) in [6.07, 6.45) is 0. The Morgan fingerprint density at radius 3 is 1.21 bits per heavy atom.